The molecule has 0 saturated carbocycles. The Labute approximate surface area is 98.8 Å². The first-order valence-corrected chi connectivity index (χ1v) is 6.06. The van der Waals surface area contributed by atoms with E-state index < -0.39 is 0 Å². The zero-order valence-corrected chi connectivity index (χ0v) is 10.7. The summed E-state index contributed by atoms with van der Waals surface area (Å²) in [6, 6.07) is 0. The minimum absolute atomic E-state index is 0.0651. The van der Waals surface area contributed by atoms with Gasteiger partial charge in [-0.15, -0.1) is 0 Å². The van der Waals surface area contributed by atoms with Gasteiger partial charge < -0.3 is 10.1 Å². The number of rotatable bonds is 5. The van der Waals surface area contributed by atoms with E-state index in [1.807, 2.05) is 0 Å². The second-order valence-corrected chi connectivity index (χ2v) is 5.18. The van der Waals surface area contributed by atoms with Gasteiger partial charge in [0.2, 0.25) is 0 Å². The van der Waals surface area contributed by atoms with E-state index in [-0.39, 0.29) is 11.3 Å². The molecule has 0 aromatic carbocycles. The number of carbonyl (C=O) groups excluding carboxylic acids is 1. The number of nitrogens with one attached hydrogen (secondary N) is 1. The zero-order valence-electron chi connectivity index (χ0n) is 10.7. The highest BCUT2D eigenvalue weighted by Crippen LogP contribution is 2.41. The topological polar surface area (TPSA) is 29.1 Å². The van der Waals surface area contributed by atoms with Gasteiger partial charge in [0.15, 0.2) is 0 Å². The Morgan fingerprint density at radius 3 is 2.88 bits per heavy atom. The molecule has 0 amide bonds. The van der Waals surface area contributed by atoms with Gasteiger partial charge in [0.25, 0.3) is 0 Å². The fourth-order valence-electron chi connectivity index (χ4n) is 2.32. The molecule has 0 radical (unpaired) electrons. The third-order valence-electron chi connectivity index (χ3n) is 3.36. The van der Waals surface area contributed by atoms with Crippen molar-refractivity contribution in [1.29, 1.82) is 0 Å². The Kier molecular flexibility index (Phi) is 4.48. The first kappa shape index (κ1) is 13.2. The van der Waals surface area contributed by atoms with Crippen LogP contribution in [0.5, 0.6) is 0 Å². The summed E-state index contributed by atoms with van der Waals surface area (Å²) in [5.74, 6) is -0.0651. The number of carbonyl (C=O) groups is 1. The molecular weight excluding hydrogens is 198 g/mol. The Morgan fingerprint density at radius 1 is 1.62 bits per heavy atom. The van der Waals surface area contributed by atoms with Gasteiger partial charge >= 0.3 is 0 Å². The van der Waals surface area contributed by atoms with Crippen molar-refractivity contribution in [3.63, 3.8) is 0 Å². The van der Waals surface area contributed by atoms with Crippen molar-refractivity contribution < 1.29 is 4.79 Å². The molecule has 2 heteroatoms. The molecule has 90 valence electrons. The number of aldehydes is 1. The predicted molar refractivity (Wildman–Crippen MR) is 68.3 cm³/mol. The third kappa shape index (κ3) is 3.05. The maximum Gasteiger partial charge on any atom is 0.130 e. The van der Waals surface area contributed by atoms with E-state index in [9.17, 15) is 4.79 Å². The first-order valence-electron chi connectivity index (χ1n) is 6.06. The highest BCUT2D eigenvalue weighted by molar-refractivity contribution is 5.63. The SMILES string of the molecule is C=C1CC(C)(C)C(CCNCC)=CC1C=O. The molecule has 1 rings (SSSR count). The number of hydrogen-bond donors (Lipinski definition) is 1. The molecule has 0 aromatic rings. The average Bonchev–Trinajstić information content (AvgIpc) is 2.20. The van der Waals surface area contributed by atoms with Gasteiger partial charge in [0.05, 0.1) is 5.92 Å². The van der Waals surface area contributed by atoms with E-state index in [1.165, 1.54) is 5.57 Å². The van der Waals surface area contributed by atoms with Gasteiger partial charge in [-0.05, 0) is 31.3 Å². The van der Waals surface area contributed by atoms with Crippen LogP contribution in [0.25, 0.3) is 0 Å². The van der Waals surface area contributed by atoms with Gasteiger partial charge in [0, 0.05) is 0 Å². The Bertz CT molecular complexity index is 302. The van der Waals surface area contributed by atoms with Crippen molar-refractivity contribution >= 4 is 6.29 Å². The molecule has 0 spiro atoms. The smallest absolute Gasteiger partial charge is 0.130 e. The van der Waals surface area contributed by atoms with Gasteiger partial charge in [-0.25, -0.2) is 0 Å². The first-order chi connectivity index (χ1) is 7.51. The molecule has 0 saturated heterocycles. The fraction of sp³-hybridized carbons (Fsp3) is 0.643. The molecule has 0 bridgehead atoms. The lowest BCUT2D eigenvalue weighted by Gasteiger charge is -2.35. The van der Waals surface area contributed by atoms with Crippen LogP contribution in [-0.2, 0) is 4.79 Å². The second-order valence-electron chi connectivity index (χ2n) is 5.18. The molecule has 1 aliphatic carbocycles. The summed E-state index contributed by atoms with van der Waals surface area (Å²) in [6.45, 7) is 12.6. The fourth-order valence-corrected chi connectivity index (χ4v) is 2.32. The molecule has 0 fully saturated rings. The quantitative estimate of drug-likeness (QED) is 0.439. The lowest BCUT2D eigenvalue weighted by Crippen LogP contribution is -2.27. The molecule has 0 heterocycles. The Balaban J connectivity index is 2.76. The summed E-state index contributed by atoms with van der Waals surface area (Å²) in [4.78, 5) is 10.9. The summed E-state index contributed by atoms with van der Waals surface area (Å²) >= 11 is 0. The molecule has 1 unspecified atom stereocenters. The predicted octanol–water partition coefficient (Wildman–Crippen LogP) is 2.71. The van der Waals surface area contributed by atoms with Crippen LogP contribution in [0.2, 0.25) is 0 Å². The monoisotopic (exact) mass is 221 g/mol. The van der Waals surface area contributed by atoms with Crippen LogP contribution < -0.4 is 5.32 Å². The largest absolute Gasteiger partial charge is 0.317 e. The summed E-state index contributed by atoms with van der Waals surface area (Å²) < 4.78 is 0. The van der Waals surface area contributed by atoms with E-state index in [0.29, 0.717) is 0 Å². The van der Waals surface area contributed by atoms with E-state index in [1.54, 1.807) is 0 Å². The van der Waals surface area contributed by atoms with Crippen molar-refractivity contribution in [1.82, 2.24) is 5.32 Å². The van der Waals surface area contributed by atoms with E-state index in [0.717, 1.165) is 37.8 Å². The lowest BCUT2D eigenvalue weighted by atomic mass is 9.70. The van der Waals surface area contributed by atoms with Crippen LogP contribution in [0.3, 0.4) is 0 Å². The molecular formula is C14H23NO. The van der Waals surface area contributed by atoms with Crippen molar-refractivity contribution in [3.05, 3.63) is 23.8 Å². The van der Waals surface area contributed by atoms with Gasteiger partial charge in [0.1, 0.15) is 6.29 Å². The van der Waals surface area contributed by atoms with Crippen LogP contribution in [0.15, 0.2) is 23.8 Å². The van der Waals surface area contributed by atoms with Gasteiger partial charge in [-0.3, -0.25) is 0 Å². The summed E-state index contributed by atoms with van der Waals surface area (Å²) in [6.07, 6.45) is 5.06. The second kappa shape index (κ2) is 5.44. The maximum absolute atomic E-state index is 10.9. The molecule has 16 heavy (non-hydrogen) atoms. The number of allylic oxidation sites excluding steroid dienone is 2. The Hall–Kier alpha value is -0.890. The maximum atomic E-state index is 10.9. The van der Waals surface area contributed by atoms with Gasteiger partial charge in [-0.2, -0.15) is 0 Å². The van der Waals surface area contributed by atoms with Crippen LogP contribution in [0.1, 0.15) is 33.6 Å². The molecule has 0 aliphatic heterocycles. The van der Waals surface area contributed by atoms with Crippen LogP contribution in [-0.4, -0.2) is 19.4 Å². The Morgan fingerprint density at radius 2 is 2.31 bits per heavy atom. The van der Waals surface area contributed by atoms with Gasteiger partial charge in [-0.1, -0.05) is 44.6 Å². The molecule has 2 nitrogen and oxygen atoms in total. The van der Waals surface area contributed by atoms with Crippen molar-refractivity contribution in [2.75, 3.05) is 13.1 Å². The van der Waals surface area contributed by atoms with Crippen LogP contribution >= 0.6 is 0 Å². The van der Waals surface area contributed by atoms with E-state index in [4.69, 9.17) is 0 Å². The van der Waals surface area contributed by atoms with Crippen LogP contribution in [0.4, 0.5) is 0 Å². The number of hydrogen-bond acceptors (Lipinski definition) is 2. The summed E-state index contributed by atoms with van der Waals surface area (Å²) in [7, 11) is 0. The van der Waals surface area contributed by atoms with Crippen LogP contribution in [0, 0.1) is 11.3 Å². The van der Waals surface area contributed by atoms with Crippen molar-refractivity contribution in [2.24, 2.45) is 11.3 Å². The standard InChI is InChI=1S/C14H23NO/c1-5-15-7-6-13-8-12(10-16)11(2)9-14(13,3)4/h8,10,12,15H,2,5-7,9H2,1,3-4H3. The lowest BCUT2D eigenvalue weighted by molar-refractivity contribution is -0.109. The normalized spacial score (nSPS) is 24.1. The summed E-state index contributed by atoms with van der Waals surface area (Å²) in [5.41, 5.74) is 2.59. The zero-order chi connectivity index (χ0) is 12.2. The van der Waals surface area contributed by atoms with E-state index in [2.05, 4.69) is 38.7 Å². The van der Waals surface area contributed by atoms with Crippen molar-refractivity contribution in [3.8, 4) is 0 Å². The third-order valence-corrected chi connectivity index (χ3v) is 3.36. The van der Waals surface area contributed by atoms with Crippen molar-refractivity contribution in [2.45, 2.75) is 33.6 Å². The average molecular weight is 221 g/mol. The molecule has 1 atom stereocenters. The molecule has 1 aliphatic rings. The minimum Gasteiger partial charge on any atom is -0.317 e. The van der Waals surface area contributed by atoms with E-state index >= 15 is 0 Å². The minimum atomic E-state index is -0.0651. The highest BCUT2D eigenvalue weighted by atomic mass is 16.1. The summed E-state index contributed by atoms with van der Waals surface area (Å²) in [5, 5.41) is 3.33. The highest BCUT2D eigenvalue weighted by Gasteiger charge is 2.30. The molecule has 0 aromatic heterocycles. The molecule has 1 N–H and O–H groups in total.